The van der Waals surface area contributed by atoms with E-state index in [0.29, 0.717) is 18.0 Å². The lowest BCUT2D eigenvalue weighted by atomic mass is 10.1. The van der Waals surface area contributed by atoms with Crippen molar-refractivity contribution in [3.8, 4) is 0 Å². The van der Waals surface area contributed by atoms with Gasteiger partial charge in [-0.1, -0.05) is 12.1 Å². The Kier molecular flexibility index (Phi) is 5.01. The third-order valence-corrected chi connectivity index (χ3v) is 3.42. The molecule has 3 nitrogen and oxygen atoms in total. The second kappa shape index (κ2) is 6.56. The van der Waals surface area contributed by atoms with E-state index >= 15 is 0 Å². The molecular formula is C14H18F3NO2. The molecule has 1 aromatic rings. The lowest BCUT2D eigenvalue weighted by Crippen LogP contribution is -2.27. The van der Waals surface area contributed by atoms with Crippen molar-refractivity contribution in [1.82, 2.24) is 5.32 Å². The summed E-state index contributed by atoms with van der Waals surface area (Å²) in [5.41, 5.74) is -0.224. The standard InChI is InChI=1S/C14H18F3NO2/c15-14(16,17)12-3-1-11(2-4-12)13(19)8-18-7-10-5-6-20-9-10/h1-4,10,13,18-19H,5-9H2. The molecule has 2 atom stereocenters. The monoisotopic (exact) mass is 289 g/mol. The van der Waals surface area contributed by atoms with E-state index < -0.39 is 17.8 Å². The minimum absolute atomic E-state index is 0.321. The zero-order valence-corrected chi connectivity index (χ0v) is 11.0. The van der Waals surface area contributed by atoms with E-state index in [1.807, 2.05) is 0 Å². The molecule has 0 bridgehead atoms. The van der Waals surface area contributed by atoms with Gasteiger partial charge < -0.3 is 15.2 Å². The van der Waals surface area contributed by atoms with Gasteiger partial charge in [-0.15, -0.1) is 0 Å². The molecule has 1 aliphatic rings. The molecule has 6 heteroatoms. The topological polar surface area (TPSA) is 41.5 Å². The van der Waals surface area contributed by atoms with Gasteiger partial charge in [0, 0.05) is 19.7 Å². The second-order valence-corrected chi connectivity index (χ2v) is 5.02. The third-order valence-electron chi connectivity index (χ3n) is 3.42. The van der Waals surface area contributed by atoms with Gasteiger partial charge in [0.25, 0.3) is 0 Å². The van der Waals surface area contributed by atoms with Crippen molar-refractivity contribution < 1.29 is 23.0 Å². The Balaban J connectivity index is 1.81. The lowest BCUT2D eigenvalue weighted by molar-refractivity contribution is -0.137. The van der Waals surface area contributed by atoms with Crippen LogP contribution >= 0.6 is 0 Å². The first-order valence-corrected chi connectivity index (χ1v) is 6.60. The Labute approximate surface area is 115 Å². The van der Waals surface area contributed by atoms with E-state index in [4.69, 9.17) is 4.74 Å². The van der Waals surface area contributed by atoms with Crippen LogP contribution < -0.4 is 5.32 Å². The highest BCUT2D eigenvalue weighted by molar-refractivity contribution is 5.26. The molecule has 0 aliphatic carbocycles. The average molecular weight is 289 g/mol. The summed E-state index contributed by atoms with van der Waals surface area (Å²) < 4.78 is 42.5. The highest BCUT2D eigenvalue weighted by atomic mass is 19.4. The van der Waals surface area contributed by atoms with Gasteiger partial charge in [-0.2, -0.15) is 13.2 Å². The van der Waals surface area contributed by atoms with Crippen molar-refractivity contribution in [3.63, 3.8) is 0 Å². The number of alkyl halides is 3. The molecule has 1 fully saturated rings. The predicted octanol–water partition coefficient (Wildman–Crippen LogP) is 2.36. The molecule has 1 saturated heterocycles. The quantitative estimate of drug-likeness (QED) is 0.874. The Bertz CT molecular complexity index is 413. The van der Waals surface area contributed by atoms with E-state index in [1.54, 1.807) is 0 Å². The first-order valence-electron chi connectivity index (χ1n) is 6.60. The van der Waals surface area contributed by atoms with Crippen LogP contribution in [0, 0.1) is 5.92 Å². The number of aliphatic hydroxyl groups excluding tert-OH is 1. The fraction of sp³-hybridized carbons (Fsp3) is 0.571. The Hall–Kier alpha value is -1.11. The molecule has 0 amide bonds. The zero-order valence-electron chi connectivity index (χ0n) is 11.0. The van der Waals surface area contributed by atoms with Crippen LogP contribution in [0.15, 0.2) is 24.3 Å². The molecule has 2 unspecified atom stereocenters. The fourth-order valence-electron chi connectivity index (χ4n) is 2.18. The molecular weight excluding hydrogens is 271 g/mol. The number of halogens is 3. The summed E-state index contributed by atoms with van der Waals surface area (Å²) in [5.74, 6) is 0.454. The summed E-state index contributed by atoms with van der Waals surface area (Å²) in [6.45, 7) is 2.57. The highest BCUT2D eigenvalue weighted by Crippen LogP contribution is 2.29. The SMILES string of the molecule is OC(CNCC1CCOC1)c1ccc(C(F)(F)F)cc1. The Morgan fingerprint density at radius 1 is 1.30 bits per heavy atom. The summed E-state index contributed by atoms with van der Waals surface area (Å²) in [4.78, 5) is 0. The van der Waals surface area contributed by atoms with E-state index in [2.05, 4.69) is 5.32 Å². The predicted molar refractivity (Wildman–Crippen MR) is 68.2 cm³/mol. The van der Waals surface area contributed by atoms with Gasteiger partial charge in [0.05, 0.1) is 18.3 Å². The van der Waals surface area contributed by atoms with Crippen LogP contribution in [0.5, 0.6) is 0 Å². The van der Waals surface area contributed by atoms with Crippen molar-refractivity contribution >= 4 is 0 Å². The van der Waals surface area contributed by atoms with Crippen molar-refractivity contribution in [1.29, 1.82) is 0 Å². The average Bonchev–Trinajstić information content (AvgIpc) is 2.91. The van der Waals surface area contributed by atoms with Gasteiger partial charge in [-0.25, -0.2) is 0 Å². The summed E-state index contributed by atoms with van der Waals surface area (Å²) in [5, 5.41) is 13.0. The van der Waals surface area contributed by atoms with Crippen LogP contribution in [-0.4, -0.2) is 31.4 Å². The molecule has 2 N–H and O–H groups in total. The van der Waals surface area contributed by atoms with Crippen molar-refractivity contribution in [2.45, 2.75) is 18.7 Å². The van der Waals surface area contributed by atoms with E-state index in [1.165, 1.54) is 12.1 Å². The van der Waals surface area contributed by atoms with Crippen LogP contribution in [0.1, 0.15) is 23.7 Å². The van der Waals surface area contributed by atoms with Gasteiger partial charge >= 0.3 is 6.18 Å². The van der Waals surface area contributed by atoms with Crippen molar-refractivity contribution in [2.75, 3.05) is 26.3 Å². The molecule has 0 aromatic heterocycles. The zero-order chi connectivity index (χ0) is 14.6. The number of aliphatic hydroxyl groups is 1. The molecule has 1 aliphatic heterocycles. The number of hydrogen-bond acceptors (Lipinski definition) is 3. The molecule has 1 heterocycles. The van der Waals surface area contributed by atoms with Gasteiger partial charge in [0.2, 0.25) is 0 Å². The molecule has 0 spiro atoms. The van der Waals surface area contributed by atoms with E-state index in [9.17, 15) is 18.3 Å². The van der Waals surface area contributed by atoms with Gasteiger partial charge in [-0.3, -0.25) is 0 Å². The number of rotatable bonds is 5. The first-order chi connectivity index (χ1) is 9.47. The molecule has 0 radical (unpaired) electrons. The second-order valence-electron chi connectivity index (χ2n) is 5.02. The maximum absolute atomic E-state index is 12.4. The highest BCUT2D eigenvalue weighted by Gasteiger charge is 2.30. The fourth-order valence-corrected chi connectivity index (χ4v) is 2.18. The van der Waals surface area contributed by atoms with Crippen LogP contribution in [-0.2, 0) is 10.9 Å². The maximum Gasteiger partial charge on any atom is 0.416 e. The van der Waals surface area contributed by atoms with Gasteiger partial charge in [0.15, 0.2) is 0 Å². The Morgan fingerprint density at radius 2 is 2.00 bits per heavy atom. The van der Waals surface area contributed by atoms with Crippen LogP contribution in [0.3, 0.4) is 0 Å². The van der Waals surface area contributed by atoms with Crippen LogP contribution in [0.2, 0.25) is 0 Å². The number of benzene rings is 1. The van der Waals surface area contributed by atoms with Gasteiger partial charge in [0.1, 0.15) is 0 Å². The third kappa shape index (κ3) is 4.19. The molecule has 0 saturated carbocycles. The van der Waals surface area contributed by atoms with E-state index in [-0.39, 0.29) is 0 Å². The molecule has 1 aromatic carbocycles. The minimum atomic E-state index is -4.34. The van der Waals surface area contributed by atoms with Crippen molar-refractivity contribution in [3.05, 3.63) is 35.4 Å². The number of ether oxygens (including phenoxy) is 1. The first kappa shape index (κ1) is 15.3. The minimum Gasteiger partial charge on any atom is -0.387 e. The maximum atomic E-state index is 12.4. The summed E-state index contributed by atoms with van der Waals surface area (Å²) in [6, 6.07) is 4.61. The Morgan fingerprint density at radius 3 is 2.55 bits per heavy atom. The summed E-state index contributed by atoms with van der Waals surface area (Å²) in [7, 11) is 0. The number of nitrogens with one attached hydrogen (secondary N) is 1. The smallest absolute Gasteiger partial charge is 0.387 e. The summed E-state index contributed by atoms with van der Waals surface area (Å²) >= 11 is 0. The molecule has 2 rings (SSSR count). The number of hydrogen-bond donors (Lipinski definition) is 2. The normalized spacial score (nSPS) is 21.1. The van der Waals surface area contributed by atoms with Crippen molar-refractivity contribution in [2.24, 2.45) is 5.92 Å². The molecule has 112 valence electrons. The van der Waals surface area contributed by atoms with E-state index in [0.717, 1.165) is 38.3 Å². The lowest BCUT2D eigenvalue weighted by Gasteiger charge is -2.15. The summed E-state index contributed by atoms with van der Waals surface area (Å²) in [6.07, 6.45) is -4.15. The molecule has 20 heavy (non-hydrogen) atoms. The van der Waals surface area contributed by atoms with Crippen LogP contribution in [0.4, 0.5) is 13.2 Å². The van der Waals surface area contributed by atoms with Gasteiger partial charge in [-0.05, 0) is 30.0 Å². The largest absolute Gasteiger partial charge is 0.416 e. The van der Waals surface area contributed by atoms with Crippen LogP contribution in [0.25, 0.3) is 0 Å².